The third kappa shape index (κ3) is 4.57. The van der Waals surface area contributed by atoms with E-state index in [1.54, 1.807) is 17.4 Å². The molecule has 0 spiro atoms. The van der Waals surface area contributed by atoms with Gasteiger partial charge in [0.1, 0.15) is 0 Å². The lowest BCUT2D eigenvalue weighted by atomic mass is 10.2. The van der Waals surface area contributed by atoms with Crippen molar-refractivity contribution in [2.24, 2.45) is 0 Å². The van der Waals surface area contributed by atoms with Gasteiger partial charge < -0.3 is 4.90 Å². The SMILES string of the molecule is Cc1ccc(CN(C(=O)/C=C/c2ccccc2)C(C)C)s1. The van der Waals surface area contributed by atoms with E-state index in [0.717, 1.165) is 5.56 Å². The minimum atomic E-state index is 0.0555. The lowest BCUT2D eigenvalue weighted by Gasteiger charge is -2.25. The van der Waals surface area contributed by atoms with Crippen molar-refractivity contribution in [3.8, 4) is 0 Å². The minimum Gasteiger partial charge on any atom is -0.332 e. The molecule has 2 aromatic rings. The highest BCUT2D eigenvalue weighted by molar-refractivity contribution is 7.11. The van der Waals surface area contributed by atoms with Crippen LogP contribution in [0.15, 0.2) is 48.5 Å². The maximum Gasteiger partial charge on any atom is 0.247 e. The van der Waals surface area contributed by atoms with Gasteiger partial charge in [-0.25, -0.2) is 0 Å². The zero-order valence-electron chi connectivity index (χ0n) is 12.7. The summed E-state index contributed by atoms with van der Waals surface area (Å²) in [6.45, 7) is 6.86. The van der Waals surface area contributed by atoms with E-state index < -0.39 is 0 Å². The molecular formula is C18H21NOS. The average Bonchev–Trinajstić information content (AvgIpc) is 2.88. The Morgan fingerprint density at radius 3 is 2.48 bits per heavy atom. The van der Waals surface area contributed by atoms with Crippen LogP contribution >= 0.6 is 11.3 Å². The number of hydrogen-bond donors (Lipinski definition) is 0. The molecule has 1 aromatic carbocycles. The predicted octanol–water partition coefficient (Wildman–Crippen LogP) is 4.51. The molecule has 0 radical (unpaired) electrons. The van der Waals surface area contributed by atoms with Gasteiger partial charge in [-0.2, -0.15) is 0 Å². The Kier molecular flexibility index (Phi) is 5.34. The standard InChI is InChI=1S/C18H21NOS/c1-14(2)19(13-17-11-9-15(3)21-17)18(20)12-10-16-7-5-4-6-8-16/h4-12,14H,13H2,1-3H3/b12-10+. The molecule has 0 saturated heterocycles. The first-order chi connectivity index (χ1) is 10.1. The normalized spacial score (nSPS) is 11.2. The van der Waals surface area contributed by atoms with Crippen LogP contribution in [0.5, 0.6) is 0 Å². The number of benzene rings is 1. The van der Waals surface area contributed by atoms with E-state index in [-0.39, 0.29) is 11.9 Å². The highest BCUT2D eigenvalue weighted by Crippen LogP contribution is 2.18. The van der Waals surface area contributed by atoms with Crippen molar-refractivity contribution >= 4 is 23.3 Å². The molecule has 3 heteroatoms. The van der Waals surface area contributed by atoms with Gasteiger partial charge in [0.15, 0.2) is 0 Å². The van der Waals surface area contributed by atoms with E-state index in [2.05, 4.69) is 32.9 Å². The van der Waals surface area contributed by atoms with Crippen LogP contribution in [0.2, 0.25) is 0 Å². The van der Waals surface area contributed by atoms with Crippen LogP contribution in [0.1, 0.15) is 29.2 Å². The number of carbonyl (C=O) groups is 1. The summed E-state index contributed by atoms with van der Waals surface area (Å²) in [6.07, 6.45) is 3.53. The Morgan fingerprint density at radius 2 is 1.90 bits per heavy atom. The van der Waals surface area contributed by atoms with E-state index in [9.17, 15) is 4.79 Å². The summed E-state index contributed by atoms with van der Waals surface area (Å²) in [5.41, 5.74) is 1.04. The number of amides is 1. The monoisotopic (exact) mass is 299 g/mol. The van der Waals surface area contributed by atoms with Gasteiger partial charge in [-0.15, -0.1) is 11.3 Å². The van der Waals surface area contributed by atoms with Gasteiger partial charge in [0.2, 0.25) is 5.91 Å². The average molecular weight is 299 g/mol. The molecular weight excluding hydrogens is 278 g/mol. The van der Waals surface area contributed by atoms with Gasteiger partial charge in [0.05, 0.1) is 6.54 Å². The van der Waals surface area contributed by atoms with Gasteiger partial charge in [-0.3, -0.25) is 4.79 Å². The Hall–Kier alpha value is -1.87. The molecule has 0 saturated carbocycles. The van der Waals surface area contributed by atoms with Crippen molar-refractivity contribution in [2.75, 3.05) is 0 Å². The number of rotatable bonds is 5. The molecule has 0 aliphatic rings. The summed E-state index contributed by atoms with van der Waals surface area (Å²) < 4.78 is 0. The molecule has 0 atom stereocenters. The number of hydrogen-bond acceptors (Lipinski definition) is 2. The molecule has 0 aliphatic heterocycles. The summed E-state index contributed by atoms with van der Waals surface area (Å²) in [7, 11) is 0. The lowest BCUT2D eigenvalue weighted by molar-refractivity contribution is -0.128. The first-order valence-corrected chi connectivity index (χ1v) is 7.97. The molecule has 0 fully saturated rings. The van der Waals surface area contributed by atoms with E-state index in [0.29, 0.717) is 6.54 Å². The van der Waals surface area contributed by atoms with Crippen LogP contribution in [-0.4, -0.2) is 16.8 Å². The van der Waals surface area contributed by atoms with Crippen LogP contribution in [0.25, 0.3) is 6.08 Å². The topological polar surface area (TPSA) is 20.3 Å². The highest BCUT2D eigenvalue weighted by Gasteiger charge is 2.15. The summed E-state index contributed by atoms with van der Waals surface area (Å²) in [5, 5.41) is 0. The number of carbonyl (C=O) groups excluding carboxylic acids is 1. The molecule has 2 nitrogen and oxygen atoms in total. The number of aryl methyl sites for hydroxylation is 1. The van der Waals surface area contributed by atoms with Crippen LogP contribution < -0.4 is 0 Å². The van der Waals surface area contributed by atoms with Gasteiger partial charge in [0.25, 0.3) is 0 Å². The molecule has 21 heavy (non-hydrogen) atoms. The number of thiophene rings is 1. The van der Waals surface area contributed by atoms with Crippen molar-refractivity contribution < 1.29 is 4.79 Å². The van der Waals surface area contributed by atoms with E-state index >= 15 is 0 Å². The molecule has 2 rings (SSSR count). The Bertz CT molecular complexity index is 613. The summed E-state index contributed by atoms with van der Waals surface area (Å²) in [5.74, 6) is 0.0555. The molecule has 110 valence electrons. The summed E-state index contributed by atoms with van der Waals surface area (Å²) in [4.78, 5) is 16.8. The number of nitrogens with zero attached hydrogens (tertiary/aromatic N) is 1. The van der Waals surface area contributed by atoms with E-state index in [1.165, 1.54) is 9.75 Å². The molecule has 0 unspecified atom stereocenters. The van der Waals surface area contributed by atoms with Gasteiger partial charge >= 0.3 is 0 Å². The fraction of sp³-hybridized carbons (Fsp3) is 0.278. The second kappa shape index (κ2) is 7.23. The van der Waals surface area contributed by atoms with Crippen molar-refractivity contribution in [3.05, 3.63) is 63.9 Å². The second-order valence-corrected chi connectivity index (χ2v) is 6.69. The van der Waals surface area contributed by atoms with Crippen molar-refractivity contribution in [2.45, 2.75) is 33.4 Å². The van der Waals surface area contributed by atoms with Gasteiger partial charge in [-0.1, -0.05) is 30.3 Å². The van der Waals surface area contributed by atoms with Crippen molar-refractivity contribution in [1.82, 2.24) is 4.90 Å². The second-order valence-electron chi connectivity index (χ2n) is 5.32. The quantitative estimate of drug-likeness (QED) is 0.744. The zero-order chi connectivity index (χ0) is 15.2. The lowest BCUT2D eigenvalue weighted by Crippen LogP contribution is -2.34. The summed E-state index contributed by atoms with van der Waals surface area (Å²) in [6, 6.07) is 14.3. The maximum absolute atomic E-state index is 12.4. The maximum atomic E-state index is 12.4. The molecule has 0 bridgehead atoms. The van der Waals surface area contributed by atoms with Crippen LogP contribution in [-0.2, 0) is 11.3 Å². The van der Waals surface area contributed by atoms with E-state index in [4.69, 9.17) is 0 Å². The Balaban J connectivity index is 2.07. The van der Waals surface area contributed by atoms with Gasteiger partial charge in [-0.05, 0) is 44.5 Å². The Labute approximate surface area is 130 Å². The van der Waals surface area contributed by atoms with E-state index in [1.807, 2.05) is 41.3 Å². The highest BCUT2D eigenvalue weighted by atomic mass is 32.1. The molecule has 1 heterocycles. The molecule has 0 aliphatic carbocycles. The molecule has 1 amide bonds. The van der Waals surface area contributed by atoms with Crippen molar-refractivity contribution in [1.29, 1.82) is 0 Å². The largest absolute Gasteiger partial charge is 0.332 e. The zero-order valence-corrected chi connectivity index (χ0v) is 13.6. The Morgan fingerprint density at radius 1 is 1.19 bits per heavy atom. The third-order valence-corrected chi connectivity index (χ3v) is 4.23. The fourth-order valence-corrected chi connectivity index (χ4v) is 2.97. The van der Waals surface area contributed by atoms with Crippen LogP contribution in [0.4, 0.5) is 0 Å². The van der Waals surface area contributed by atoms with Crippen LogP contribution in [0.3, 0.4) is 0 Å². The molecule has 0 N–H and O–H groups in total. The smallest absolute Gasteiger partial charge is 0.247 e. The first kappa shape index (κ1) is 15.5. The minimum absolute atomic E-state index is 0.0555. The fourth-order valence-electron chi connectivity index (χ4n) is 2.08. The van der Waals surface area contributed by atoms with Crippen molar-refractivity contribution in [3.63, 3.8) is 0 Å². The first-order valence-electron chi connectivity index (χ1n) is 7.15. The summed E-state index contributed by atoms with van der Waals surface area (Å²) >= 11 is 1.75. The van der Waals surface area contributed by atoms with Crippen LogP contribution in [0, 0.1) is 6.92 Å². The third-order valence-electron chi connectivity index (χ3n) is 3.25. The molecule has 1 aromatic heterocycles. The predicted molar refractivity (Wildman–Crippen MR) is 90.2 cm³/mol. The van der Waals surface area contributed by atoms with Gasteiger partial charge in [0, 0.05) is 21.9 Å².